The zero-order valence-electron chi connectivity index (χ0n) is 24.5. The molecule has 1 aliphatic rings. The van der Waals surface area contributed by atoms with Gasteiger partial charge in [0.2, 0.25) is 17.7 Å². The lowest BCUT2D eigenvalue weighted by Gasteiger charge is -2.31. The van der Waals surface area contributed by atoms with E-state index in [0.717, 1.165) is 16.3 Å². The predicted octanol–water partition coefficient (Wildman–Crippen LogP) is 3.31. The van der Waals surface area contributed by atoms with Crippen LogP contribution in [0.5, 0.6) is 0 Å². The lowest BCUT2D eigenvalue weighted by molar-refractivity contribution is -0.145. The molecule has 1 heterocycles. The maximum Gasteiger partial charge on any atom is 0.243 e. The van der Waals surface area contributed by atoms with E-state index in [1.807, 2.05) is 63.2 Å². The first-order valence-electron chi connectivity index (χ1n) is 14.5. The van der Waals surface area contributed by atoms with Crippen molar-refractivity contribution >= 4 is 28.5 Å². The van der Waals surface area contributed by atoms with Crippen LogP contribution < -0.4 is 16.0 Å². The summed E-state index contributed by atoms with van der Waals surface area (Å²) in [4.78, 5) is 41.5. The van der Waals surface area contributed by atoms with Crippen LogP contribution in [0.1, 0.15) is 44.7 Å². The summed E-state index contributed by atoms with van der Waals surface area (Å²) in [6.45, 7) is 6.32. The number of fused-ring (bicyclic) bond motifs is 1. The Balaban J connectivity index is 1.42. The summed E-state index contributed by atoms with van der Waals surface area (Å²) < 4.78 is 13.8. The first-order chi connectivity index (χ1) is 20.0. The molecule has 42 heavy (non-hydrogen) atoms. The summed E-state index contributed by atoms with van der Waals surface area (Å²) in [5.74, 6) is -1.22. The average Bonchev–Trinajstić information content (AvgIpc) is 3.45. The summed E-state index contributed by atoms with van der Waals surface area (Å²) in [6, 6.07) is 18.6. The van der Waals surface area contributed by atoms with E-state index in [-0.39, 0.29) is 43.7 Å². The average molecular weight is 577 g/mol. The van der Waals surface area contributed by atoms with E-state index in [9.17, 15) is 23.9 Å². The highest BCUT2D eigenvalue weighted by Crippen LogP contribution is 2.26. The zero-order valence-corrected chi connectivity index (χ0v) is 24.5. The lowest BCUT2D eigenvalue weighted by atomic mass is 9.94. The highest BCUT2D eigenvalue weighted by Gasteiger charge is 2.39. The number of hydrogen-bond acceptors (Lipinski definition) is 5. The SMILES string of the molecule is CC(C)(C)C(=O)N1CCCC1C(=O)N[C@H](Cc1ccc2ccccc2c1)C(=O)NCC(O)CNCc1ccccc1F. The number of rotatable bonds is 11. The highest BCUT2D eigenvalue weighted by molar-refractivity contribution is 5.93. The molecule has 0 saturated carbocycles. The number of benzene rings is 3. The van der Waals surface area contributed by atoms with Gasteiger partial charge in [-0.2, -0.15) is 0 Å². The molecular formula is C33H41FN4O4. The third-order valence-electron chi connectivity index (χ3n) is 7.51. The number of aliphatic hydroxyl groups is 1. The van der Waals surface area contributed by atoms with Gasteiger partial charge in [-0.25, -0.2) is 4.39 Å². The maximum atomic E-state index is 13.8. The molecule has 1 aliphatic heterocycles. The van der Waals surface area contributed by atoms with Gasteiger partial charge in [-0.3, -0.25) is 14.4 Å². The molecule has 8 nitrogen and oxygen atoms in total. The molecule has 224 valence electrons. The van der Waals surface area contributed by atoms with Crippen LogP contribution in [0.2, 0.25) is 0 Å². The first-order valence-corrected chi connectivity index (χ1v) is 14.5. The van der Waals surface area contributed by atoms with Gasteiger partial charge in [-0.15, -0.1) is 0 Å². The summed E-state index contributed by atoms with van der Waals surface area (Å²) in [5, 5.41) is 21.2. The molecule has 1 fully saturated rings. The van der Waals surface area contributed by atoms with Crippen molar-refractivity contribution in [2.75, 3.05) is 19.6 Å². The van der Waals surface area contributed by atoms with E-state index in [0.29, 0.717) is 24.9 Å². The summed E-state index contributed by atoms with van der Waals surface area (Å²) in [7, 11) is 0. The smallest absolute Gasteiger partial charge is 0.243 e. The van der Waals surface area contributed by atoms with Gasteiger partial charge in [0, 0.05) is 43.6 Å². The lowest BCUT2D eigenvalue weighted by Crippen LogP contribution is -2.55. The predicted molar refractivity (Wildman–Crippen MR) is 161 cm³/mol. The number of amides is 3. The van der Waals surface area contributed by atoms with Crippen molar-refractivity contribution in [1.29, 1.82) is 0 Å². The second-order valence-corrected chi connectivity index (χ2v) is 12.0. The van der Waals surface area contributed by atoms with Gasteiger partial charge in [0.05, 0.1) is 6.10 Å². The van der Waals surface area contributed by atoms with Crippen molar-refractivity contribution < 1.29 is 23.9 Å². The number of hydrogen-bond donors (Lipinski definition) is 4. The second-order valence-electron chi connectivity index (χ2n) is 12.0. The Morgan fingerprint density at radius 3 is 2.45 bits per heavy atom. The number of halogens is 1. The van der Waals surface area contributed by atoms with Crippen molar-refractivity contribution in [3.8, 4) is 0 Å². The molecule has 0 radical (unpaired) electrons. The Labute approximate surface area is 246 Å². The molecule has 2 unspecified atom stereocenters. The van der Waals surface area contributed by atoms with Gasteiger partial charge in [-0.1, -0.05) is 81.4 Å². The standard InChI is InChI=1S/C33H41FN4O4/c1-33(2,3)32(42)38-16-8-13-29(38)31(41)37-28(18-22-14-15-23-9-4-5-10-24(23)17-22)30(40)36-21-26(39)20-35-19-25-11-6-7-12-27(25)34/h4-7,9-12,14-15,17,26,28-29,35,39H,8,13,16,18-21H2,1-3H3,(H,36,40)(H,37,41)/t26?,28-,29?/m1/s1. The van der Waals surface area contributed by atoms with Crippen molar-refractivity contribution in [3.05, 3.63) is 83.7 Å². The number of likely N-dealkylation sites (tertiary alicyclic amines) is 1. The van der Waals surface area contributed by atoms with Crippen LogP contribution in [0.25, 0.3) is 10.8 Å². The summed E-state index contributed by atoms with van der Waals surface area (Å²) in [5.41, 5.74) is 0.731. The molecule has 9 heteroatoms. The topological polar surface area (TPSA) is 111 Å². The number of nitrogens with one attached hydrogen (secondary N) is 3. The Morgan fingerprint density at radius 1 is 1.00 bits per heavy atom. The molecule has 0 bridgehead atoms. The number of aliphatic hydroxyl groups excluding tert-OH is 1. The van der Waals surface area contributed by atoms with Gasteiger partial charge in [0.25, 0.3) is 0 Å². The fourth-order valence-electron chi connectivity index (χ4n) is 5.22. The molecule has 1 saturated heterocycles. The Morgan fingerprint density at radius 2 is 1.71 bits per heavy atom. The van der Waals surface area contributed by atoms with Crippen LogP contribution in [-0.4, -0.2) is 65.5 Å². The Hall–Kier alpha value is -3.82. The summed E-state index contributed by atoms with van der Waals surface area (Å²) in [6.07, 6.45) is 0.564. The van der Waals surface area contributed by atoms with E-state index < -0.39 is 29.5 Å². The molecule has 3 aromatic rings. The highest BCUT2D eigenvalue weighted by atomic mass is 19.1. The van der Waals surface area contributed by atoms with Gasteiger partial charge in [0.1, 0.15) is 17.9 Å². The molecule has 0 spiro atoms. The van der Waals surface area contributed by atoms with Crippen LogP contribution in [-0.2, 0) is 27.3 Å². The largest absolute Gasteiger partial charge is 0.390 e. The van der Waals surface area contributed by atoms with Gasteiger partial charge in [0.15, 0.2) is 0 Å². The quantitative estimate of drug-likeness (QED) is 0.280. The van der Waals surface area contributed by atoms with E-state index >= 15 is 0 Å². The fourth-order valence-corrected chi connectivity index (χ4v) is 5.22. The molecule has 3 aromatic carbocycles. The zero-order chi connectivity index (χ0) is 30.3. The first kappa shape index (κ1) is 31.1. The van der Waals surface area contributed by atoms with E-state index in [1.165, 1.54) is 6.07 Å². The summed E-state index contributed by atoms with van der Waals surface area (Å²) >= 11 is 0. The molecule has 4 rings (SSSR count). The van der Waals surface area contributed by atoms with Crippen LogP contribution in [0.4, 0.5) is 4.39 Å². The maximum absolute atomic E-state index is 13.8. The molecule has 4 N–H and O–H groups in total. The van der Waals surface area contributed by atoms with Gasteiger partial charge < -0.3 is 26.0 Å². The van der Waals surface area contributed by atoms with Gasteiger partial charge >= 0.3 is 0 Å². The van der Waals surface area contributed by atoms with E-state index in [4.69, 9.17) is 0 Å². The molecule has 0 aromatic heterocycles. The second kappa shape index (κ2) is 13.9. The minimum Gasteiger partial charge on any atom is -0.390 e. The molecule has 3 amide bonds. The van der Waals surface area contributed by atoms with Crippen molar-refractivity contribution in [2.24, 2.45) is 5.41 Å². The number of carbonyl (C=O) groups is 3. The number of carbonyl (C=O) groups excluding carboxylic acids is 3. The van der Waals surface area contributed by atoms with E-state index in [1.54, 1.807) is 23.1 Å². The minimum atomic E-state index is -0.924. The van der Waals surface area contributed by atoms with Crippen LogP contribution in [0, 0.1) is 11.2 Å². The van der Waals surface area contributed by atoms with Crippen molar-refractivity contribution in [1.82, 2.24) is 20.9 Å². The van der Waals surface area contributed by atoms with Crippen molar-refractivity contribution in [3.63, 3.8) is 0 Å². The normalized spacial score (nSPS) is 16.7. The van der Waals surface area contributed by atoms with E-state index in [2.05, 4.69) is 16.0 Å². The Bertz CT molecular complexity index is 1410. The van der Waals surface area contributed by atoms with Gasteiger partial charge in [-0.05, 0) is 35.2 Å². The Kier molecular flexibility index (Phi) is 10.3. The molecule has 3 atom stereocenters. The monoisotopic (exact) mass is 576 g/mol. The van der Waals surface area contributed by atoms with Crippen LogP contribution >= 0.6 is 0 Å². The van der Waals surface area contributed by atoms with Crippen molar-refractivity contribution in [2.45, 2.75) is 64.8 Å². The van der Waals surface area contributed by atoms with Crippen LogP contribution in [0.3, 0.4) is 0 Å². The minimum absolute atomic E-state index is 0.0503. The van der Waals surface area contributed by atoms with Crippen LogP contribution in [0.15, 0.2) is 66.7 Å². The molecular weight excluding hydrogens is 535 g/mol. The third kappa shape index (κ3) is 8.14. The fraction of sp³-hybridized carbons (Fsp3) is 0.424. The number of nitrogens with zero attached hydrogens (tertiary/aromatic N) is 1. The molecule has 0 aliphatic carbocycles. The third-order valence-corrected chi connectivity index (χ3v) is 7.51.